The van der Waals surface area contributed by atoms with Gasteiger partial charge in [0.15, 0.2) is 0 Å². The molecule has 1 saturated heterocycles. The van der Waals surface area contributed by atoms with E-state index in [1.165, 1.54) is 12.8 Å². The van der Waals surface area contributed by atoms with Crippen molar-refractivity contribution in [3.8, 4) is 5.88 Å². The number of morpholine rings is 1. The number of methoxy groups -OCH3 is 1. The first-order valence-corrected chi connectivity index (χ1v) is 8.80. The summed E-state index contributed by atoms with van der Waals surface area (Å²) in [4.78, 5) is 6.84. The summed E-state index contributed by atoms with van der Waals surface area (Å²) in [5, 5.41) is 0. The smallest absolute Gasteiger partial charge is 0.217 e. The molecule has 0 amide bonds. The van der Waals surface area contributed by atoms with E-state index in [4.69, 9.17) is 14.2 Å². The lowest BCUT2D eigenvalue weighted by molar-refractivity contribution is -0.116. The lowest BCUT2D eigenvalue weighted by Crippen LogP contribution is -2.51. The first-order chi connectivity index (χ1) is 11.3. The highest BCUT2D eigenvalue weighted by Gasteiger charge is 2.43. The van der Waals surface area contributed by atoms with Crippen LogP contribution in [0.25, 0.3) is 0 Å². The van der Waals surface area contributed by atoms with E-state index < -0.39 is 0 Å². The van der Waals surface area contributed by atoms with Crippen molar-refractivity contribution in [2.24, 2.45) is 5.92 Å². The molecule has 5 nitrogen and oxygen atoms in total. The number of aromatic nitrogens is 1. The predicted molar refractivity (Wildman–Crippen MR) is 86.4 cm³/mol. The standard InChI is InChI=1S/C18H26N2O3/c1-21-18-14(3-2-8-19-18)11-20-9-10-22-17-15(20)6-7-16(17)23-12-13-4-5-13/h2-3,8,13,15-17H,4-7,9-12H2,1H3/t15-,16-,17+/m0/s1. The van der Waals surface area contributed by atoms with E-state index in [9.17, 15) is 0 Å². The van der Waals surface area contributed by atoms with Gasteiger partial charge in [0.05, 0.1) is 25.9 Å². The molecule has 1 aromatic heterocycles. The molecule has 0 spiro atoms. The highest BCUT2D eigenvalue weighted by Crippen LogP contribution is 2.36. The van der Waals surface area contributed by atoms with E-state index in [2.05, 4.69) is 16.0 Å². The largest absolute Gasteiger partial charge is 0.481 e. The number of fused-ring (bicyclic) bond motifs is 1. The summed E-state index contributed by atoms with van der Waals surface area (Å²) in [5.74, 6) is 1.54. The Bertz CT molecular complexity index is 535. The third kappa shape index (κ3) is 3.37. The Kier molecular flexibility index (Phi) is 4.51. The minimum Gasteiger partial charge on any atom is -0.481 e. The summed E-state index contributed by atoms with van der Waals surface area (Å²) >= 11 is 0. The molecule has 2 aliphatic carbocycles. The van der Waals surface area contributed by atoms with Gasteiger partial charge in [-0.25, -0.2) is 4.98 Å². The number of pyridine rings is 1. The average Bonchev–Trinajstić information content (AvgIpc) is 3.33. The van der Waals surface area contributed by atoms with Crippen molar-refractivity contribution < 1.29 is 14.2 Å². The van der Waals surface area contributed by atoms with Gasteiger partial charge in [0, 0.05) is 37.5 Å². The zero-order chi connectivity index (χ0) is 15.6. The summed E-state index contributed by atoms with van der Waals surface area (Å²) in [6.07, 6.45) is 7.24. The van der Waals surface area contributed by atoms with Crippen molar-refractivity contribution in [2.45, 2.75) is 50.5 Å². The van der Waals surface area contributed by atoms with Gasteiger partial charge in [-0.2, -0.15) is 0 Å². The predicted octanol–water partition coefficient (Wildman–Crippen LogP) is 2.25. The highest BCUT2D eigenvalue weighted by atomic mass is 16.5. The second kappa shape index (κ2) is 6.75. The number of hydrogen-bond acceptors (Lipinski definition) is 5. The van der Waals surface area contributed by atoms with E-state index in [-0.39, 0.29) is 12.2 Å². The van der Waals surface area contributed by atoms with Crippen molar-refractivity contribution >= 4 is 0 Å². The van der Waals surface area contributed by atoms with Gasteiger partial charge in [-0.1, -0.05) is 6.07 Å². The molecule has 4 rings (SSSR count). The van der Waals surface area contributed by atoms with Gasteiger partial charge in [0.1, 0.15) is 0 Å². The molecule has 3 fully saturated rings. The molecule has 2 saturated carbocycles. The Balaban J connectivity index is 1.41. The van der Waals surface area contributed by atoms with Crippen LogP contribution in [0.3, 0.4) is 0 Å². The maximum atomic E-state index is 6.15. The fourth-order valence-corrected chi connectivity index (χ4v) is 3.86. The van der Waals surface area contributed by atoms with Crippen LogP contribution in [0.2, 0.25) is 0 Å². The molecule has 23 heavy (non-hydrogen) atoms. The summed E-state index contributed by atoms with van der Waals surface area (Å²) in [7, 11) is 1.69. The lowest BCUT2D eigenvalue weighted by Gasteiger charge is -2.39. The Morgan fingerprint density at radius 2 is 2.22 bits per heavy atom. The third-order valence-electron chi connectivity index (χ3n) is 5.31. The van der Waals surface area contributed by atoms with E-state index in [0.29, 0.717) is 6.04 Å². The second-order valence-corrected chi connectivity index (χ2v) is 6.94. The zero-order valence-corrected chi connectivity index (χ0v) is 13.8. The quantitative estimate of drug-likeness (QED) is 0.805. The zero-order valence-electron chi connectivity index (χ0n) is 13.8. The van der Waals surface area contributed by atoms with Crippen molar-refractivity contribution in [3.05, 3.63) is 23.9 Å². The molecule has 0 bridgehead atoms. The Labute approximate surface area is 137 Å². The van der Waals surface area contributed by atoms with Crippen molar-refractivity contribution in [1.29, 1.82) is 0 Å². The van der Waals surface area contributed by atoms with Crippen LogP contribution in [0.1, 0.15) is 31.2 Å². The van der Waals surface area contributed by atoms with Gasteiger partial charge < -0.3 is 14.2 Å². The lowest BCUT2D eigenvalue weighted by atomic mass is 10.1. The molecule has 1 aliphatic heterocycles. The first kappa shape index (κ1) is 15.4. The van der Waals surface area contributed by atoms with Crippen molar-refractivity contribution in [1.82, 2.24) is 9.88 Å². The molecule has 0 N–H and O–H groups in total. The van der Waals surface area contributed by atoms with Crippen LogP contribution in [0.4, 0.5) is 0 Å². The molecule has 0 unspecified atom stereocenters. The molecular weight excluding hydrogens is 292 g/mol. The van der Waals surface area contributed by atoms with Crippen LogP contribution in [0, 0.1) is 5.92 Å². The summed E-state index contributed by atoms with van der Waals surface area (Å²) in [6, 6.07) is 4.54. The normalized spacial score (nSPS) is 31.1. The van der Waals surface area contributed by atoms with Crippen LogP contribution in [-0.4, -0.2) is 55.0 Å². The van der Waals surface area contributed by atoms with Gasteiger partial charge in [-0.3, -0.25) is 4.90 Å². The van der Waals surface area contributed by atoms with Crippen molar-refractivity contribution in [3.63, 3.8) is 0 Å². The van der Waals surface area contributed by atoms with Crippen LogP contribution < -0.4 is 4.74 Å². The van der Waals surface area contributed by atoms with Crippen molar-refractivity contribution in [2.75, 3.05) is 26.9 Å². The van der Waals surface area contributed by atoms with Gasteiger partial charge >= 0.3 is 0 Å². The van der Waals surface area contributed by atoms with E-state index in [0.717, 1.165) is 56.5 Å². The fraction of sp³-hybridized carbons (Fsp3) is 0.722. The minimum absolute atomic E-state index is 0.227. The highest BCUT2D eigenvalue weighted by molar-refractivity contribution is 5.25. The SMILES string of the molecule is COc1ncccc1CN1CCO[C@H]2[C@@H](OCC3CC3)CC[C@@H]21. The van der Waals surface area contributed by atoms with E-state index >= 15 is 0 Å². The number of hydrogen-bond donors (Lipinski definition) is 0. The monoisotopic (exact) mass is 318 g/mol. The average molecular weight is 318 g/mol. The van der Waals surface area contributed by atoms with Gasteiger partial charge in [0.25, 0.3) is 0 Å². The number of rotatable bonds is 6. The molecule has 2 heterocycles. The first-order valence-electron chi connectivity index (χ1n) is 8.80. The minimum atomic E-state index is 0.227. The van der Waals surface area contributed by atoms with Crippen LogP contribution in [-0.2, 0) is 16.0 Å². The van der Waals surface area contributed by atoms with Crippen LogP contribution in [0.15, 0.2) is 18.3 Å². The van der Waals surface area contributed by atoms with Gasteiger partial charge in [0.2, 0.25) is 5.88 Å². The summed E-state index contributed by atoms with van der Waals surface area (Å²) in [6.45, 7) is 3.55. The van der Waals surface area contributed by atoms with E-state index in [1.54, 1.807) is 13.3 Å². The Morgan fingerprint density at radius 3 is 3.04 bits per heavy atom. The maximum Gasteiger partial charge on any atom is 0.217 e. The Morgan fingerprint density at radius 1 is 1.30 bits per heavy atom. The molecule has 3 atom stereocenters. The molecule has 0 aromatic carbocycles. The summed E-state index contributed by atoms with van der Waals surface area (Å²) < 4.78 is 17.6. The van der Waals surface area contributed by atoms with Crippen LogP contribution >= 0.6 is 0 Å². The number of nitrogens with zero attached hydrogens (tertiary/aromatic N) is 2. The maximum absolute atomic E-state index is 6.15. The molecule has 1 aromatic rings. The molecule has 5 heteroatoms. The van der Waals surface area contributed by atoms with Crippen LogP contribution in [0.5, 0.6) is 5.88 Å². The molecular formula is C18H26N2O3. The molecule has 0 radical (unpaired) electrons. The fourth-order valence-electron chi connectivity index (χ4n) is 3.86. The molecule has 126 valence electrons. The van der Waals surface area contributed by atoms with Gasteiger partial charge in [-0.15, -0.1) is 0 Å². The molecule has 3 aliphatic rings. The Hall–Kier alpha value is -1.17. The van der Waals surface area contributed by atoms with E-state index in [1.807, 2.05) is 6.07 Å². The van der Waals surface area contributed by atoms with Gasteiger partial charge in [-0.05, 0) is 37.7 Å². The topological polar surface area (TPSA) is 43.8 Å². The third-order valence-corrected chi connectivity index (χ3v) is 5.31. The number of ether oxygens (including phenoxy) is 3. The summed E-state index contributed by atoms with van der Waals surface area (Å²) in [5.41, 5.74) is 1.15. The second-order valence-electron chi connectivity index (χ2n) is 6.94.